The van der Waals surface area contributed by atoms with Gasteiger partial charge in [0.15, 0.2) is 0 Å². The predicted octanol–water partition coefficient (Wildman–Crippen LogP) is 1.00. The second-order valence-electron chi connectivity index (χ2n) is 4.98. The van der Waals surface area contributed by atoms with Crippen LogP contribution >= 0.6 is 11.6 Å². The van der Waals surface area contributed by atoms with Crippen LogP contribution in [0.4, 0.5) is 5.69 Å². The number of halogens is 1. The van der Waals surface area contributed by atoms with Gasteiger partial charge in [0.25, 0.3) is 0 Å². The second kappa shape index (κ2) is 6.58. The molecule has 6 nitrogen and oxygen atoms in total. The summed E-state index contributed by atoms with van der Waals surface area (Å²) in [6.07, 6.45) is 0.696. The molecule has 0 radical (unpaired) electrons. The van der Waals surface area contributed by atoms with Crippen LogP contribution in [0.25, 0.3) is 0 Å². The number of primary amides is 1. The number of hydrogen-bond acceptors (Lipinski definition) is 3. The van der Waals surface area contributed by atoms with E-state index < -0.39 is 5.91 Å². The molecule has 0 bridgehead atoms. The van der Waals surface area contributed by atoms with Crippen LogP contribution in [0.5, 0.6) is 0 Å². The first-order valence-electron chi connectivity index (χ1n) is 6.58. The monoisotopic (exact) mass is 309 g/mol. The third kappa shape index (κ3) is 4.19. The van der Waals surface area contributed by atoms with E-state index >= 15 is 0 Å². The fourth-order valence-corrected chi connectivity index (χ4v) is 2.47. The van der Waals surface area contributed by atoms with Gasteiger partial charge in [0.05, 0.1) is 12.5 Å². The minimum absolute atomic E-state index is 0.152. The van der Waals surface area contributed by atoms with Crippen LogP contribution < -0.4 is 11.1 Å². The lowest BCUT2D eigenvalue weighted by atomic mass is 9.96. The Bertz CT molecular complexity index is 576. The molecule has 0 aromatic heterocycles. The molecule has 0 saturated carbocycles. The average molecular weight is 310 g/mol. The van der Waals surface area contributed by atoms with Gasteiger partial charge in [0.2, 0.25) is 17.7 Å². The molecule has 1 saturated heterocycles. The average Bonchev–Trinajstić information content (AvgIpc) is 2.40. The van der Waals surface area contributed by atoms with Crippen LogP contribution in [0.1, 0.15) is 12.8 Å². The summed E-state index contributed by atoms with van der Waals surface area (Å²) in [5, 5.41) is 3.29. The maximum Gasteiger partial charge on any atom is 0.237 e. The molecule has 0 unspecified atom stereocenters. The lowest BCUT2D eigenvalue weighted by molar-refractivity contribution is -0.140. The molecule has 21 heavy (non-hydrogen) atoms. The van der Waals surface area contributed by atoms with Crippen molar-refractivity contribution in [3.8, 4) is 0 Å². The first-order chi connectivity index (χ1) is 9.95. The maximum absolute atomic E-state index is 12.2. The maximum atomic E-state index is 12.2. The third-order valence-corrected chi connectivity index (χ3v) is 3.54. The molecule has 0 aliphatic carbocycles. The SMILES string of the molecule is NC(=O)CN1C[C@@H](C(=O)Nc2cccc(Cl)c2)CCC1=O. The third-order valence-electron chi connectivity index (χ3n) is 3.31. The summed E-state index contributed by atoms with van der Waals surface area (Å²) in [7, 11) is 0. The van der Waals surface area contributed by atoms with Crippen LogP contribution in [0, 0.1) is 5.92 Å². The summed E-state index contributed by atoms with van der Waals surface area (Å²) < 4.78 is 0. The molecule has 3 amide bonds. The molecule has 112 valence electrons. The van der Waals surface area contributed by atoms with Gasteiger partial charge in [-0.15, -0.1) is 0 Å². The number of hydrogen-bond donors (Lipinski definition) is 2. The van der Waals surface area contributed by atoms with Gasteiger partial charge in [-0.05, 0) is 24.6 Å². The van der Waals surface area contributed by atoms with Crippen molar-refractivity contribution < 1.29 is 14.4 Å². The zero-order chi connectivity index (χ0) is 15.4. The highest BCUT2D eigenvalue weighted by atomic mass is 35.5. The first-order valence-corrected chi connectivity index (χ1v) is 6.96. The molecule has 1 aromatic rings. The Kier molecular flexibility index (Phi) is 4.80. The molecular formula is C14H16ClN3O3. The number of nitrogens with zero attached hydrogens (tertiary/aromatic N) is 1. The Morgan fingerprint density at radius 1 is 1.43 bits per heavy atom. The van der Waals surface area contributed by atoms with Crippen molar-refractivity contribution in [1.82, 2.24) is 4.90 Å². The molecule has 1 aliphatic heterocycles. The van der Waals surface area contributed by atoms with E-state index in [2.05, 4.69) is 5.32 Å². The number of rotatable bonds is 4. The number of carbonyl (C=O) groups is 3. The van der Waals surface area contributed by atoms with Crippen molar-refractivity contribution in [2.75, 3.05) is 18.4 Å². The van der Waals surface area contributed by atoms with Gasteiger partial charge in [-0.25, -0.2) is 0 Å². The van der Waals surface area contributed by atoms with Crippen LogP contribution in [0.2, 0.25) is 5.02 Å². The lowest BCUT2D eigenvalue weighted by Gasteiger charge is -2.31. The van der Waals surface area contributed by atoms with Gasteiger partial charge in [-0.2, -0.15) is 0 Å². The molecule has 1 fully saturated rings. The summed E-state index contributed by atoms with van der Waals surface area (Å²) in [4.78, 5) is 36.1. The fourth-order valence-electron chi connectivity index (χ4n) is 2.28. The molecular weight excluding hydrogens is 294 g/mol. The number of likely N-dealkylation sites (tertiary alicyclic amines) is 1. The van der Waals surface area contributed by atoms with E-state index in [-0.39, 0.29) is 37.2 Å². The smallest absolute Gasteiger partial charge is 0.237 e. The molecule has 1 aliphatic rings. The van der Waals surface area contributed by atoms with Crippen molar-refractivity contribution >= 4 is 35.0 Å². The van der Waals surface area contributed by atoms with Crippen LogP contribution in [-0.2, 0) is 14.4 Å². The fraction of sp³-hybridized carbons (Fsp3) is 0.357. The Hall–Kier alpha value is -2.08. The Balaban J connectivity index is 1.99. The summed E-state index contributed by atoms with van der Waals surface area (Å²) in [5.74, 6) is -1.29. The molecule has 1 aromatic carbocycles. The number of nitrogens with one attached hydrogen (secondary N) is 1. The highest BCUT2D eigenvalue weighted by Crippen LogP contribution is 2.21. The first kappa shape index (κ1) is 15.3. The zero-order valence-electron chi connectivity index (χ0n) is 11.3. The summed E-state index contributed by atoms with van der Waals surface area (Å²) >= 11 is 5.86. The molecule has 0 spiro atoms. The second-order valence-corrected chi connectivity index (χ2v) is 5.41. The molecule has 3 N–H and O–H groups in total. The largest absolute Gasteiger partial charge is 0.368 e. The molecule has 1 heterocycles. The number of anilines is 1. The number of carbonyl (C=O) groups excluding carboxylic acids is 3. The topological polar surface area (TPSA) is 92.5 Å². The van der Waals surface area contributed by atoms with Crippen molar-refractivity contribution in [2.45, 2.75) is 12.8 Å². The minimum Gasteiger partial charge on any atom is -0.368 e. The predicted molar refractivity (Wildman–Crippen MR) is 78.6 cm³/mol. The van der Waals surface area contributed by atoms with Gasteiger partial charge in [-0.1, -0.05) is 17.7 Å². The Morgan fingerprint density at radius 3 is 2.86 bits per heavy atom. The van der Waals surface area contributed by atoms with Gasteiger partial charge in [0.1, 0.15) is 0 Å². The summed E-state index contributed by atoms with van der Waals surface area (Å²) in [6, 6.07) is 6.83. The van der Waals surface area contributed by atoms with Crippen molar-refractivity contribution in [3.63, 3.8) is 0 Å². The number of amides is 3. The van der Waals surface area contributed by atoms with Crippen LogP contribution in [-0.4, -0.2) is 35.7 Å². The molecule has 1 atom stereocenters. The quantitative estimate of drug-likeness (QED) is 0.869. The standard InChI is InChI=1S/C14H16ClN3O3/c15-10-2-1-3-11(6-10)17-14(21)9-4-5-13(20)18(7-9)8-12(16)19/h1-3,6,9H,4-5,7-8H2,(H2,16,19)(H,17,21)/t9-/m0/s1. The normalized spacial score (nSPS) is 18.4. The van der Waals surface area contributed by atoms with E-state index in [1.54, 1.807) is 24.3 Å². The van der Waals surface area contributed by atoms with Gasteiger partial charge in [-0.3, -0.25) is 14.4 Å². The number of nitrogens with two attached hydrogens (primary N) is 1. The van der Waals surface area contributed by atoms with Crippen molar-refractivity contribution in [2.24, 2.45) is 11.7 Å². The highest BCUT2D eigenvalue weighted by Gasteiger charge is 2.30. The number of piperidine rings is 1. The van der Waals surface area contributed by atoms with E-state index in [1.807, 2.05) is 0 Å². The van der Waals surface area contributed by atoms with E-state index in [4.69, 9.17) is 17.3 Å². The lowest BCUT2D eigenvalue weighted by Crippen LogP contribution is -2.47. The molecule has 7 heteroatoms. The number of benzene rings is 1. The Labute approximate surface area is 127 Å². The van der Waals surface area contributed by atoms with E-state index in [9.17, 15) is 14.4 Å². The van der Waals surface area contributed by atoms with E-state index in [1.165, 1.54) is 4.90 Å². The van der Waals surface area contributed by atoms with E-state index in [0.717, 1.165) is 0 Å². The van der Waals surface area contributed by atoms with Gasteiger partial charge < -0.3 is 16.0 Å². The highest BCUT2D eigenvalue weighted by molar-refractivity contribution is 6.30. The Morgan fingerprint density at radius 2 is 2.19 bits per heavy atom. The van der Waals surface area contributed by atoms with Crippen LogP contribution in [0.3, 0.4) is 0 Å². The zero-order valence-corrected chi connectivity index (χ0v) is 12.1. The van der Waals surface area contributed by atoms with Gasteiger partial charge >= 0.3 is 0 Å². The summed E-state index contributed by atoms with van der Waals surface area (Å²) in [5.41, 5.74) is 5.70. The minimum atomic E-state index is -0.584. The van der Waals surface area contributed by atoms with Crippen LogP contribution in [0.15, 0.2) is 24.3 Å². The van der Waals surface area contributed by atoms with Crippen molar-refractivity contribution in [3.05, 3.63) is 29.3 Å². The molecule has 2 rings (SSSR count). The summed E-state index contributed by atoms with van der Waals surface area (Å²) in [6.45, 7) is 0.0496. The van der Waals surface area contributed by atoms with E-state index in [0.29, 0.717) is 17.1 Å². The van der Waals surface area contributed by atoms with Gasteiger partial charge in [0, 0.05) is 23.7 Å². The van der Waals surface area contributed by atoms with Crippen molar-refractivity contribution in [1.29, 1.82) is 0 Å².